The Kier molecular flexibility index (Phi) is 3.24. The quantitative estimate of drug-likeness (QED) is 0.732. The minimum absolute atomic E-state index is 0.270. The summed E-state index contributed by atoms with van der Waals surface area (Å²) in [5.41, 5.74) is 0.396. The van der Waals surface area contributed by atoms with E-state index in [-0.39, 0.29) is 5.92 Å². The monoisotopic (exact) mass is 224 g/mol. The number of carbonyl (C=O) groups is 1. The fourth-order valence-corrected chi connectivity index (χ4v) is 2.69. The van der Waals surface area contributed by atoms with Crippen molar-refractivity contribution in [1.82, 2.24) is 10.2 Å². The molecule has 0 atom stereocenters. The minimum atomic E-state index is 0.270. The number of hydrogen-bond acceptors (Lipinski definition) is 2. The van der Waals surface area contributed by atoms with Crippen molar-refractivity contribution in [3.05, 3.63) is 0 Å². The molecular weight excluding hydrogens is 200 g/mol. The molecule has 2 aliphatic rings. The largest absolute Gasteiger partial charge is 0.342 e. The average molecular weight is 224 g/mol. The van der Waals surface area contributed by atoms with E-state index in [0.29, 0.717) is 11.3 Å². The second-order valence-electron chi connectivity index (χ2n) is 6.32. The van der Waals surface area contributed by atoms with Gasteiger partial charge in [0.2, 0.25) is 5.91 Å². The number of amides is 1. The molecule has 0 bridgehead atoms. The van der Waals surface area contributed by atoms with Gasteiger partial charge in [-0.3, -0.25) is 4.79 Å². The van der Waals surface area contributed by atoms with E-state index in [4.69, 9.17) is 0 Å². The molecule has 0 unspecified atom stereocenters. The van der Waals surface area contributed by atoms with Crippen LogP contribution in [0.2, 0.25) is 0 Å². The van der Waals surface area contributed by atoms with Gasteiger partial charge in [-0.2, -0.15) is 0 Å². The second kappa shape index (κ2) is 4.36. The first kappa shape index (κ1) is 11.9. The van der Waals surface area contributed by atoms with Crippen LogP contribution in [0.4, 0.5) is 0 Å². The van der Waals surface area contributed by atoms with Crippen LogP contribution in [0.1, 0.15) is 33.6 Å². The SMILES string of the molecule is CC(C)(C)C1CCN(C(=O)C2CNC2)CC1. The molecule has 0 radical (unpaired) electrons. The Bertz CT molecular complexity index is 258. The van der Waals surface area contributed by atoms with Crippen molar-refractivity contribution in [3.8, 4) is 0 Å². The standard InChI is InChI=1S/C13H24N2O/c1-13(2,3)11-4-6-15(7-5-11)12(16)10-8-14-9-10/h10-11,14H,4-9H2,1-3H3. The number of piperidine rings is 1. The third-order valence-corrected chi connectivity index (χ3v) is 4.16. The summed E-state index contributed by atoms with van der Waals surface area (Å²) in [6.45, 7) is 10.6. The number of nitrogens with zero attached hydrogens (tertiary/aromatic N) is 1. The Labute approximate surface area is 98.6 Å². The third-order valence-electron chi connectivity index (χ3n) is 4.16. The molecule has 0 aromatic rings. The summed E-state index contributed by atoms with van der Waals surface area (Å²) in [7, 11) is 0. The highest BCUT2D eigenvalue weighted by Gasteiger charge is 2.34. The van der Waals surface area contributed by atoms with Crippen LogP contribution in [0.15, 0.2) is 0 Å². The van der Waals surface area contributed by atoms with E-state index < -0.39 is 0 Å². The first-order valence-electron chi connectivity index (χ1n) is 6.48. The van der Waals surface area contributed by atoms with E-state index in [9.17, 15) is 4.79 Å². The molecule has 1 N–H and O–H groups in total. The zero-order valence-electron chi connectivity index (χ0n) is 10.8. The van der Waals surface area contributed by atoms with Crippen LogP contribution in [-0.2, 0) is 4.79 Å². The summed E-state index contributed by atoms with van der Waals surface area (Å²) >= 11 is 0. The van der Waals surface area contributed by atoms with Gasteiger partial charge in [0.25, 0.3) is 0 Å². The lowest BCUT2D eigenvalue weighted by Gasteiger charge is -2.41. The van der Waals surface area contributed by atoms with Crippen molar-refractivity contribution in [2.45, 2.75) is 33.6 Å². The first-order valence-corrected chi connectivity index (χ1v) is 6.48. The van der Waals surface area contributed by atoms with Crippen LogP contribution in [0.25, 0.3) is 0 Å². The lowest BCUT2D eigenvalue weighted by Crippen LogP contribution is -2.53. The minimum Gasteiger partial charge on any atom is -0.342 e. The van der Waals surface area contributed by atoms with Gasteiger partial charge in [-0.05, 0) is 24.2 Å². The van der Waals surface area contributed by atoms with Crippen LogP contribution < -0.4 is 5.32 Å². The summed E-state index contributed by atoms with van der Waals surface area (Å²) in [5, 5.41) is 3.17. The van der Waals surface area contributed by atoms with Crippen LogP contribution >= 0.6 is 0 Å². The Balaban J connectivity index is 1.82. The molecule has 3 heteroatoms. The number of likely N-dealkylation sites (tertiary alicyclic amines) is 1. The molecule has 92 valence electrons. The van der Waals surface area contributed by atoms with Gasteiger partial charge in [0.05, 0.1) is 5.92 Å². The van der Waals surface area contributed by atoms with Gasteiger partial charge in [-0.25, -0.2) is 0 Å². The molecule has 2 rings (SSSR count). The maximum Gasteiger partial charge on any atom is 0.228 e. The number of nitrogens with one attached hydrogen (secondary N) is 1. The Morgan fingerprint density at radius 1 is 1.19 bits per heavy atom. The Morgan fingerprint density at radius 2 is 1.75 bits per heavy atom. The molecule has 2 fully saturated rings. The summed E-state index contributed by atoms with van der Waals surface area (Å²) in [6, 6.07) is 0. The summed E-state index contributed by atoms with van der Waals surface area (Å²) < 4.78 is 0. The van der Waals surface area contributed by atoms with Gasteiger partial charge in [0.15, 0.2) is 0 Å². The molecule has 0 aromatic heterocycles. The van der Waals surface area contributed by atoms with Gasteiger partial charge in [0.1, 0.15) is 0 Å². The summed E-state index contributed by atoms with van der Waals surface area (Å²) in [5.74, 6) is 1.42. The first-order chi connectivity index (χ1) is 7.48. The zero-order chi connectivity index (χ0) is 11.8. The number of rotatable bonds is 1. The van der Waals surface area contributed by atoms with E-state index in [0.717, 1.165) is 32.1 Å². The lowest BCUT2D eigenvalue weighted by molar-refractivity contribution is -0.139. The van der Waals surface area contributed by atoms with Crippen LogP contribution in [0.3, 0.4) is 0 Å². The molecule has 2 aliphatic heterocycles. The molecule has 2 heterocycles. The molecule has 2 saturated heterocycles. The number of carbonyl (C=O) groups excluding carboxylic acids is 1. The van der Waals surface area contributed by atoms with Crippen molar-refractivity contribution in [1.29, 1.82) is 0 Å². The van der Waals surface area contributed by atoms with Crippen molar-refractivity contribution in [2.24, 2.45) is 17.3 Å². The molecule has 0 saturated carbocycles. The van der Waals surface area contributed by atoms with Crippen molar-refractivity contribution in [3.63, 3.8) is 0 Å². The van der Waals surface area contributed by atoms with Crippen molar-refractivity contribution in [2.75, 3.05) is 26.2 Å². The van der Waals surface area contributed by atoms with Crippen molar-refractivity contribution >= 4 is 5.91 Å². The maximum absolute atomic E-state index is 12.0. The second-order valence-corrected chi connectivity index (χ2v) is 6.32. The van der Waals surface area contributed by atoms with Crippen LogP contribution in [-0.4, -0.2) is 37.0 Å². The van der Waals surface area contributed by atoms with E-state index >= 15 is 0 Å². The molecule has 3 nitrogen and oxygen atoms in total. The molecule has 0 aliphatic carbocycles. The van der Waals surface area contributed by atoms with Gasteiger partial charge >= 0.3 is 0 Å². The average Bonchev–Trinajstić information content (AvgIpc) is 2.14. The highest BCUT2D eigenvalue weighted by Crippen LogP contribution is 2.34. The zero-order valence-corrected chi connectivity index (χ0v) is 10.8. The summed E-state index contributed by atoms with van der Waals surface area (Å²) in [6.07, 6.45) is 2.35. The van der Waals surface area contributed by atoms with Gasteiger partial charge < -0.3 is 10.2 Å². The predicted octanol–water partition coefficient (Wildman–Crippen LogP) is 1.49. The number of hydrogen-bond donors (Lipinski definition) is 1. The molecular formula is C13H24N2O. The summed E-state index contributed by atoms with van der Waals surface area (Å²) in [4.78, 5) is 14.1. The van der Waals surface area contributed by atoms with E-state index in [1.165, 1.54) is 12.8 Å². The van der Waals surface area contributed by atoms with Gasteiger partial charge in [-0.1, -0.05) is 20.8 Å². The molecule has 0 spiro atoms. The molecule has 0 aromatic carbocycles. The van der Waals surface area contributed by atoms with Crippen molar-refractivity contribution < 1.29 is 4.79 Å². The molecule has 16 heavy (non-hydrogen) atoms. The van der Waals surface area contributed by atoms with Gasteiger partial charge in [0, 0.05) is 26.2 Å². The smallest absolute Gasteiger partial charge is 0.228 e. The highest BCUT2D eigenvalue weighted by molar-refractivity contribution is 5.80. The van der Waals surface area contributed by atoms with E-state index in [1.54, 1.807) is 0 Å². The Morgan fingerprint density at radius 3 is 2.12 bits per heavy atom. The van der Waals surface area contributed by atoms with Crippen LogP contribution in [0, 0.1) is 17.3 Å². The fraction of sp³-hybridized carbons (Fsp3) is 0.923. The lowest BCUT2D eigenvalue weighted by atomic mass is 9.75. The third kappa shape index (κ3) is 2.40. The van der Waals surface area contributed by atoms with Gasteiger partial charge in [-0.15, -0.1) is 0 Å². The fourth-order valence-electron chi connectivity index (χ4n) is 2.69. The normalized spacial score (nSPS) is 24.3. The predicted molar refractivity (Wildman–Crippen MR) is 65.1 cm³/mol. The molecule has 1 amide bonds. The van der Waals surface area contributed by atoms with Crippen LogP contribution in [0.5, 0.6) is 0 Å². The topological polar surface area (TPSA) is 32.3 Å². The Hall–Kier alpha value is -0.570. The van der Waals surface area contributed by atoms with E-state index in [2.05, 4.69) is 31.0 Å². The highest BCUT2D eigenvalue weighted by atomic mass is 16.2. The maximum atomic E-state index is 12.0. The van der Waals surface area contributed by atoms with E-state index in [1.807, 2.05) is 0 Å².